The second-order valence-corrected chi connectivity index (χ2v) is 3.75. The van der Waals surface area contributed by atoms with E-state index in [-0.39, 0.29) is 0 Å². The van der Waals surface area contributed by atoms with Gasteiger partial charge in [-0.05, 0) is 17.6 Å². The Balaban J connectivity index is 4.60. The van der Waals surface area contributed by atoms with E-state index >= 15 is 0 Å². The lowest BCUT2D eigenvalue weighted by atomic mass is 9.71. The summed E-state index contributed by atoms with van der Waals surface area (Å²) in [7, 11) is 2.72. The lowest BCUT2D eigenvalue weighted by Crippen LogP contribution is -1.89. The maximum Gasteiger partial charge on any atom is 0.154 e. The molecule has 0 radical (unpaired) electrons. The van der Waals surface area contributed by atoms with Gasteiger partial charge in [0.1, 0.15) is 0 Å². The molecule has 0 spiro atoms. The summed E-state index contributed by atoms with van der Waals surface area (Å²) in [6, 6.07) is 0. The highest BCUT2D eigenvalue weighted by molar-refractivity contribution is 6.45. The van der Waals surface area contributed by atoms with Gasteiger partial charge in [-0.1, -0.05) is 62.8 Å². The molecule has 17 heavy (non-hydrogen) atoms. The van der Waals surface area contributed by atoms with Gasteiger partial charge in [-0.15, -0.1) is 0 Å². The Morgan fingerprint density at radius 3 is 2.41 bits per heavy atom. The zero-order valence-corrected chi connectivity index (χ0v) is 11.2. The van der Waals surface area contributed by atoms with Crippen molar-refractivity contribution in [1.29, 1.82) is 0 Å². The molecule has 0 aliphatic heterocycles. The second kappa shape index (κ2) is 9.65. The highest BCUT2D eigenvalue weighted by Gasteiger charge is 1.91. The number of nitrogens with zero attached hydrogens (tertiary/aromatic N) is 1. The monoisotopic (exact) mass is 227 g/mol. The second-order valence-electron chi connectivity index (χ2n) is 3.75. The van der Waals surface area contributed by atoms with Gasteiger partial charge in [0.2, 0.25) is 0 Å². The van der Waals surface area contributed by atoms with Crippen LogP contribution in [0.25, 0.3) is 0 Å². The molecule has 0 aliphatic carbocycles. The van der Waals surface area contributed by atoms with E-state index < -0.39 is 0 Å². The summed E-state index contributed by atoms with van der Waals surface area (Å²) >= 11 is 0. The van der Waals surface area contributed by atoms with Gasteiger partial charge in [0.05, 0.1) is 0 Å². The van der Waals surface area contributed by atoms with Crippen LogP contribution in [-0.4, -0.2) is 20.5 Å². The largest absolute Gasteiger partial charge is 0.296 e. The molecule has 0 aromatic carbocycles. The van der Waals surface area contributed by atoms with Crippen LogP contribution in [0.1, 0.15) is 13.3 Å². The molecule has 0 atom stereocenters. The average Bonchev–Trinajstić information content (AvgIpc) is 2.32. The van der Waals surface area contributed by atoms with Crippen molar-refractivity contribution in [2.24, 2.45) is 4.99 Å². The topological polar surface area (TPSA) is 12.4 Å². The molecule has 90 valence electrons. The molecule has 0 fully saturated rings. The third kappa shape index (κ3) is 8.26. The van der Waals surface area contributed by atoms with Crippen LogP contribution in [-0.2, 0) is 0 Å². The summed E-state index contributed by atoms with van der Waals surface area (Å²) in [6.45, 7) is 12.1. The molecule has 0 unspecified atom stereocenters. The lowest BCUT2D eigenvalue weighted by molar-refractivity contribution is 1.22. The van der Waals surface area contributed by atoms with Gasteiger partial charge in [0.15, 0.2) is 7.28 Å². The van der Waals surface area contributed by atoms with E-state index in [0.29, 0.717) is 0 Å². The molecule has 0 amide bonds. The van der Waals surface area contributed by atoms with E-state index in [1.54, 1.807) is 13.3 Å². The minimum Gasteiger partial charge on any atom is -0.296 e. The average molecular weight is 227 g/mol. The van der Waals surface area contributed by atoms with Crippen LogP contribution in [0.5, 0.6) is 0 Å². The summed E-state index contributed by atoms with van der Waals surface area (Å²) in [5, 5.41) is 0. The van der Waals surface area contributed by atoms with Gasteiger partial charge in [-0.2, -0.15) is 0 Å². The van der Waals surface area contributed by atoms with E-state index in [1.165, 1.54) is 5.47 Å². The zero-order valence-electron chi connectivity index (χ0n) is 11.2. The molecular formula is C15H22BN. The molecule has 0 N–H and O–H groups in total. The standard InChI is InChI=1S/C15H22BN/c1-6-7-8-13(2)9-10-15(16-4)11-14(3)12-17-5/h7-12,16H,2-3,6H2,1,4-5H3/b8-7-,10-9-,15-11+,17-12-. The SMILES string of the molecule is C=C(/C=C\CC)/C=C\C(BC)=C/C(=C)/C=N\C. The van der Waals surface area contributed by atoms with Crippen LogP contribution in [0.3, 0.4) is 0 Å². The molecule has 0 saturated carbocycles. The molecule has 0 rings (SSSR count). The number of hydrogen-bond donors (Lipinski definition) is 0. The lowest BCUT2D eigenvalue weighted by Gasteiger charge is -1.97. The molecule has 1 nitrogen and oxygen atoms in total. The van der Waals surface area contributed by atoms with E-state index in [2.05, 4.69) is 44.0 Å². The summed E-state index contributed by atoms with van der Waals surface area (Å²) in [4.78, 5) is 3.94. The van der Waals surface area contributed by atoms with Crippen LogP contribution in [0.15, 0.2) is 65.1 Å². The first-order valence-corrected chi connectivity index (χ1v) is 5.99. The Morgan fingerprint density at radius 2 is 1.88 bits per heavy atom. The molecule has 0 aromatic rings. The van der Waals surface area contributed by atoms with Crippen LogP contribution < -0.4 is 0 Å². The van der Waals surface area contributed by atoms with Gasteiger partial charge in [-0.25, -0.2) is 0 Å². The van der Waals surface area contributed by atoms with Gasteiger partial charge in [0, 0.05) is 13.3 Å². The van der Waals surface area contributed by atoms with Crippen molar-refractivity contribution >= 4 is 13.5 Å². The van der Waals surface area contributed by atoms with Crippen molar-refractivity contribution in [2.45, 2.75) is 20.2 Å². The van der Waals surface area contributed by atoms with Gasteiger partial charge in [-0.3, -0.25) is 4.99 Å². The van der Waals surface area contributed by atoms with E-state index in [0.717, 1.165) is 24.8 Å². The normalized spacial score (nSPS) is 12.8. The van der Waals surface area contributed by atoms with E-state index in [4.69, 9.17) is 0 Å². The molecule has 0 heterocycles. The van der Waals surface area contributed by atoms with Crippen LogP contribution >= 0.6 is 0 Å². The first-order chi connectivity index (χ1) is 8.13. The smallest absolute Gasteiger partial charge is 0.154 e. The van der Waals surface area contributed by atoms with Crippen LogP contribution in [0.2, 0.25) is 6.82 Å². The molecular weight excluding hydrogens is 205 g/mol. The zero-order chi connectivity index (χ0) is 13.1. The number of hydrogen-bond acceptors (Lipinski definition) is 1. The Kier molecular flexibility index (Phi) is 8.76. The fourth-order valence-electron chi connectivity index (χ4n) is 1.25. The summed E-state index contributed by atoms with van der Waals surface area (Å²) in [5.74, 6) is 0. The third-order valence-corrected chi connectivity index (χ3v) is 2.15. The van der Waals surface area contributed by atoms with Gasteiger partial charge < -0.3 is 0 Å². The molecule has 0 saturated heterocycles. The van der Waals surface area contributed by atoms with Crippen molar-refractivity contribution in [1.82, 2.24) is 0 Å². The first-order valence-electron chi connectivity index (χ1n) is 5.99. The Labute approximate surface area is 106 Å². The van der Waals surface area contributed by atoms with Crippen LogP contribution in [0.4, 0.5) is 0 Å². The maximum atomic E-state index is 3.96. The highest BCUT2D eigenvalue weighted by atomic mass is 14.6. The number of rotatable bonds is 7. The first kappa shape index (κ1) is 15.4. The minimum atomic E-state index is 0.920. The van der Waals surface area contributed by atoms with Crippen molar-refractivity contribution in [3.63, 3.8) is 0 Å². The Morgan fingerprint density at radius 1 is 1.18 bits per heavy atom. The minimum absolute atomic E-state index is 0.920. The molecule has 0 bridgehead atoms. The van der Waals surface area contributed by atoms with Gasteiger partial charge in [0.25, 0.3) is 0 Å². The molecule has 0 aromatic heterocycles. The van der Waals surface area contributed by atoms with Crippen molar-refractivity contribution < 1.29 is 0 Å². The van der Waals surface area contributed by atoms with E-state index in [1.807, 2.05) is 18.2 Å². The summed E-state index contributed by atoms with van der Waals surface area (Å²) in [6.07, 6.45) is 13.1. The summed E-state index contributed by atoms with van der Waals surface area (Å²) < 4.78 is 0. The molecule has 2 heteroatoms. The Hall–Kier alpha value is -1.57. The highest BCUT2D eigenvalue weighted by Crippen LogP contribution is 2.04. The number of allylic oxidation sites excluding steroid dienone is 8. The number of aliphatic imine (C=N–C) groups is 1. The maximum absolute atomic E-state index is 3.96. The Bertz CT molecular complexity index is 370. The van der Waals surface area contributed by atoms with Crippen molar-refractivity contribution in [2.75, 3.05) is 7.05 Å². The predicted octanol–water partition coefficient (Wildman–Crippen LogP) is 3.69. The van der Waals surface area contributed by atoms with E-state index in [9.17, 15) is 0 Å². The van der Waals surface area contributed by atoms with Crippen LogP contribution in [0, 0.1) is 0 Å². The fourth-order valence-corrected chi connectivity index (χ4v) is 1.25. The van der Waals surface area contributed by atoms with Gasteiger partial charge >= 0.3 is 0 Å². The summed E-state index contributed by atoms with van der Waals surface area (Å²) in [5.41, 5.74) is 3.16. The van der Waals surface area contributed by atoms with Crippen molar-refractivity contribution in [3.05, 3.63) is 60.2 Å². The molecule has 0 aliphatic rings. The fraction of sp³-hybridized carbons (Fsp3) is 0.267. The third-order valence-electron chi connectivity index (χ3n) is 2.15. The predicted molar refractivity (Wildman–Crippen MR) is 82.4 cm³/mol. The quantitative estimate of drug-likeness (QED) is 0.357. The van der Waals surface area contributed by atoms with Crippen molar-refractivity contribution in [3.8, 4) is 0 Å².